The predicted molar refractivity (Wildman–Crippen MR) is 101 cm³/mol. The van der Waals surface area contributed by atoms with E-state index in [0.29, 0.717) is 0 Å². The average molecular weight is 403 g/mol. The van der Waals surface area contributed by atoms with Gasteiger partial charge in [0.05, 0.1) is 13.2 Å². The second-order valence-corrected chi connectivity index (χ2v) is 5.75. The van der Waals surface area contributed by atoms with E-state index in [1.54, 1.807) is 13.8 Å². The fourth-order valence-electron chi connectivity index (χ4n) is 2.52. The van der Waals surface area contributed by atoms with Crippen molar-refractivity contribution >= 4 is 29.7 Å². The first-order valence-corrected chi connectivity index (χ1v) is 8.85. The van der Waals surface area contributed by atoms with E-state index >= 15 is 0 Å². The van der Waals surface area contributed by atoms with Gasteiger partial charge >= 0.3 is 17.9 Å². The van der Waals surface area contributed by atoms with Crippen LogP contribution >= 0.6 is 0 Å². The zero-order valence-electron chi connectivity index (χ0n) is 16.5. The normalized spacial score (nSPS) is 10.2. The first-order chi connectivity index (χ1) is 13.8. The number of rotatable bonds is 7. The van der Waals surface area contributed by atoms with Crippen LogP contribution < -0.4 is 10.1 Å². The van der Waals surface area contributed by atoms with E-state index in [4.69, 9.17) is 18.6 Å². The Labute approximate surface area is 166 Å². The van der Waals surface area contributed by atoms with Gasteiger partial charge in [-0.05, 0) is 39.0 Å². The van der Waals surface area contributed by atoms with Gasteiger partial charge < -0.3 is 18.6 Å². The van der Waals surface area contributed by atoms with Crippen LogP contribution in [-0.4, -0.2) is 37.0 Å². The number of hydrogen-bond acceptors (Lipinski definition) is 8. The van der Waals surface area contributed by atoms with Crippen LogP contribution in [0.5, 0.6) is 5.75 Å². The van der Waals surface area contributed by atoms with Crippen molar-refractivity contribution in [3.05, 3.63) is 46.7 Å². The second kappa shape index (κ2) is 9.54. The Kier molecular flexibility index (Phi) is 7.13. The van der Waals surface area contributed by atoms with Gasteiger partial charge in [-0.2, -0.15) is 0 Å². The average Bonchev–Trinajstić information content (AvgIpc) is 2.97. The molecule has 0 unspecified atom stereocenters. The standard InChI is InChI=1S/C20H21NO8/c1-5-26-19(24)15-11(3)28-18(16(15)20(25)27-6-2)21-17(23)13-8-7-9-14(10-13)29-12(4)22/h7-10H,5-6H2,1-4H3,(H,21,23). The quantitative estimate of drug-likeness (QED) is 0.553. The van der Waals surface area contributed by atoms with Gasteiger partial charge in [-0.3, -0.25) is 14.9 Å². The van der Waals surface area contributed by atoms with Crippen molar-refractivity contribution in [1.82, 2.24) is 0 Å². The minimum absolute atomic E-state index is 0.0587. The summed E-state index contributed by atoms with van der Waals surface area (Å²) >= 11 is 0. The summed E-state index contributed by atoms with van der Waals surface area (Å²) in [6.07, 6.45) is 0. The van der Waals surface area contributed by atoms with E-state index < -0.39 is 23.8 Å². The highest BCUT2D eigenvalue weighted by atomic mass is 16.5. The maximum absolute atomic E-state index is 12.6. The summed E-state index contributed by atoms with van der Waals surface area (Å²) in [5, 5.41) is 2.45. The fourth-order valence-corrected chi connectivity index (χ4v) is 2.52. The van der Waals surface area contributed by atoms with E-state index in [-0.39, 0.29) is 47.3 Å². The number of nitrogens with one attached hydrogen (secondary N) is 1. The molecule has 0 aliphatic rings. The highest BCUT2D eigenvalue weighted by Crippen LogP contribution is 2.29. The lowest BCUT2D eigenvalue weighted by Gasteiger charge is -2.08. The van der Waals surface area contributed by atoms with Gasteiger partial charge in [0.25, 0.3) is 5.91 Å². The molecule has 2 rings (SSSR count). The Balaban J connectivity index is 2.40. The molecule has 0 radical (unpaired) electrons. The lowest BCUT2D eigenvalue weighted by molar-refractivity contribution is -0.131. The molecule has 1 aromatic heterocycles. The van der Waals surface area contributed by atoms with Crippen LogP contribution in [0.4, 0.5) is 5.88 Å². The van der Waals surface area contributed by atoms with Crippen LogP contribution in [0.2, 0.25) is 0 Å². The number of hydrogen-bond donors (Lipinski definition) is 1. The zero-order valence-corrected chi connectivity index (χ0v) is 16.5. The number of carbonyl (C=O) groups excluding carboxylic acids is 4. The number of benzene rings is 1. The van der Waals surface area contributed by atoms with Crippen molar-refractivity contribution in [2.24, 2.45) is 0 Å². The van der Waals surface area contributed by atoms with Gasteiger partial charge in [-0.15, -0.1) is 0 Å². The molecule has 0 spiro atoms. The highest BCUT2D eigenvalue weighted by molar-refractivity contribution is 6.11. The summed E-state index contributed by atoms with van der Waals surface area (Å²) < 4.78 is 20.4. The van der Waals surface area contributed by atoms with Crippen LogP contribution in [0, 0.1) is 6.92 Å². The molecular formula is C20H21NO8. The molecule has 2 aromatic rings. The molecule has 0 saturated heterocycles. The predicted octanol–water partition coefficient (Wildman–Crippen LogP) is 3.12. The molecule has 9 heteroatoms. The Hall–Kier alpha value is -3.62. The molecule has 0 fully saturated rings. The maximum atomic E-state index is 12.6. The summed E-state index contributed by atoms with van der Waals surface area (Å²) in [6.45, 7) is 6.08. The van der Waals surface area contributed by atoms with Crippen LogP contribution in [0.3, 0.4) is 0 Å². The van der Waals surface area contributed by atoms with Crippen LogP contribution in [0.15, 0.2) is 28.7 Å². The molecule has 0 saturated carbocycles. The molecule has 29 heavy (non-hydrogen) atoms. The second-order valence-electron chi connectivity index (χ2n) is 5.75. The molecule has 1 amide bonds. The number of aryl methyl sites for hydroxylation is 1. The van der Waals surface area contributed by atoms with E-state index in [2.05, 4.69) is 5.32 Å². The Morgan fingerprint density at radius 1 is 1.00 bits per heavy atom. The Morgan fingerprint density at radius 2 is 1.62 bits per heavy atom. The molecule has 0 bridgehead atoms. The highest BCUT2D eigenvalue weighted by Gasteiger charge is 2.31. The van der Waals surface area contributed by atoms with E-state index in [0.717, 1.165) is 0 Å². The largest absolute Gasteiger partial charge is 0.462 e. The Bertz CT molecular complexity index is 944. The summed E-state index contributed by atoms with van der Waals surface area (Å²) in [7, 11) is 0. The number of carbonyl (C=O) groups is 4. The molecule has 0 aliphatic carbocycles. The monoisotopic (exact) mass is 403 g/mol. The van der Waals surface area contributed by atoms with Crippen molar-refractivity contribution in [2.75, 3.05) is 18.5 Å². The number of anilines is 1. The first-order valence-electron chi connectivity index (χ1n) is 8.85. The van der Waals surface area contributed by atoms with Crippen molar-refractivity contribution in [3.63, 3.8) is 0 Å². The fraction of sp³-hybridized carbons (Fsp3) is 0.300. The number of esters is 3. The van der Waals surface area contributed by atoms with Gasteiger partial charge in [0.1, 0.15) is 22.6 Å². The van der Waals surface area contributed by atoms with E-state index in [1.165, 1.54) is 38.1 Å². The van der Waals surface area contributed by atoms with Gasteiger partial charge in [-0.1, -0.05) is 6.07 Å². The zero-order chi connectivity index (χ0) is 21.6. The third-order valence-corrected chi connectivity index (χ3v) is 3.63. The van der Waals surface area contributed by atoms with E-state index in [1.807, 2.05) is 0 Å². The molecular weight excluding hydrogens is 382 g/mol. The molecule has 154 valence electrons. The summed E-state index contributed by atoms with van der Waals surface area (Å²) in [6, 6.07) is 5.87. The molecule has 1 N–H and O–H groups in total. The molecule has 1 heterocycles. The lowest BCUT2D eigenvalue weighted by atomic mass is 10.1. The van der Waals surface area contributed by atoms with Crippen molar-refractivity contribution in [2.45, 2.75) is 27.7 Å². The van der Waals surface area contributed by atoms with Gasteiger partial charge in [0, 0.05) is 12.5 Å². The topological polar surface area (TPSA) is 121 Å². The molecule has 1 aromatic carbocycles. The molecule has 0 atom stereocenters. The minimum atomic E-state index is -0.837. The number of ether oxygens (including phenoxy) is 3. The maximum Gasteiger partial charge on any atom is 0.344 e. The number of amides is 1. The van der Waals surface area contributed by atoms with Gasteiger partial charge in [0.2, 0.25) is 5.88 Å². The van der Waals surface area contributed by atoms with Crippen molar-refractivity contribution in [3.8, 4) is 5.75 Å². The summed E-state index contributed by atoms with van der Waals surface area (Å²) in [5.41, 5.74) is -0.202. The lowest BCUT2D eigenvalue weighted by Crippen LogP contribution is -2.17. The van der Waals surface area contributed by atoms with Crippen LogP contribution in [0.25, 0.3) is 0 Å². The minimum Gasteiger partial charge on any atom is -0.462 e. The third kappa shape index (κ3) is 5.22. The molecule has 0 aliphatic heterocycles. The van der Waals surface area contributed by atoms with Crippen molar-refractivity contribution < 1.29 is 37.8 Å². The summed E-state index contributed by atoms with van der Waals surface area (Å²) in [4.78, 5) is 48.4. The Morgan fingerprint density at radius 3 is 2.21 bits per heavy atom. The van der Waals surface area contributed by atoms with Gasteiger partial charge in [-0.25, -0.2) is 9.59 Å². The number of furan rings is 1. The van der Waals surface area contributed by atoms with Crippen LogP contribution in [0.1, 0.15) is 57.6 Å². The van der Waals surface area contributed by atoms with E-state index in [9.17, 15) is 19.2 Å². The molecule has 9 nitrogen and oxygen atoms in total. The first kappa shape index (κ1) is 21.7. The van der Waals surface area contributed by atoms with Crippen molar-refractivity contribution in [1.29, 1.82) is 0 Å². The van der Waals surface area contributed by atoms with Gasteiger partial charge in [0.15, 0.2) is 0 Å². The smallest absolute Gasteiger partial charge is 0.344 e. The summed E-state index contributed by atoms with van der Waals surface area (Å²) in [5.74, 6) is -2.76. The van der Waals surface area contributed by atoms with Crippen LogP contribution in [-0.2, 0) is 14.3 Å². The third-order valence-electron chi connectivity index (χ3n) is 3.63. The SMILES string of the molecule is CCOC(=O)c1c(C)oc(NC(=O)c2cccc(OC(C)=O)c2)c1C(=O)OCC.